The lowest BCUT2D eigenvalue weighted by Gasteiger charge is -2.00. The Labute approximate surface area is 92.7 Å². The highest BCUT2D eigenvalue weighted by Crippen LogP contribution is 2.11. The molecule has 4 nitrogen and oxygen atoms in total. The summed E-state index contributed by atoms with van der Waals surface area (Å²) in [5.74, 6) is 0. The highest BCUT2D eigenvalue weighted by Gasteiger charge is 2.00. The molecule has 1 aromatic heterocycles. The van der Waals surface area contributed by atoms with Crippen LogP contribution in [0.3, 0.4) is 0 Å². The quantitative estimate of drug-likeness (QED) is 0.855. The van der Waals surface area contributed by atoms with E-state index in [2.05, 4.69) is 10.3 Å². The van der Waals surface area contributed by atoms with E-state index in [9.17, 15) is 0 Å². The lowest BCUT2D eigenvalue weighted by molar-refractivity contribution is 0.649. The zero-order valence-corrected chi connectivity index (χ0v) is 8.85. The number of benzene rings is 1. The van der Waals surface area contributed by atoms with Gasteiger partial charge >= 0.3 is 0 Å². The third-order valence-electron chi connectivity index (χ3n) is 2.03. The van der Waals surface area contributed by atoms with E-state index in [1.807, 2.05) is 30.5 Å². The van der Waals surface area contributed by atoms with Crippen LogP contribution in [0.2, 0.25) is 5.02 Å². The van der Waals surface area contributed by atoms with E-state index < -0.39 is 0 Å². The SMILES string of the molecule is NCc1cn(Cc2cccc(Cl)c2)nn1. The molecule has 0 aliphatic heterocycles. The minimum atomic E-state index is 0.412. The largest absolute Gasteiger partial charge is 0.325 e. The van der Waals surface area contributed by atoms with Crippen LogP contribution in [0.25, 0.3) is 0 Å². The van der Waals surface area contributed by atoms with Gasteiger partial charge in [0.25, 0.3) is 0 Å². The highest BCUT2D eigenvalue weighted by atomic mass is 35.5. The Morgan fingerprint density at radius 1 is 1.40 bits per heavy atom. The van der Waals surface area contributed by atoms with Gasteiger partial charge in [0.15, 0.2) is 0 Å². The molecule has 0 bridgehead atoms. The maximum atomic E-state index is 5.88. The fourth-order valence-electron chi connectivity index (χ4n) is 1.33. The number of hydrogen-bond donors (Lipinski definition) is 1. The first-order valence-corrected chi connectivity index (χ1v) is 4.99. The second-order valence-electron chi connectivity index (χ2n) is 3.24. The topological polar surface area (TPSA) is 56.7 Å². The molecule has 2 rings (SSSR count). The minimum Gasteiger partial charge on any atom is -0.325 e. The first-order chi connectivity index (χ1) is 7.28. The van der Waals surface area contributed by atoms with Crippen LogP contribution in [0.5, 0.6) is 0 Å². The molecule has 0 aliphatic carbocycles. The van der Waals surface area contributed by atoms with Crippen LogP contribution in [0.4, 0.5) is 0 Å². The molecular weight excluding hydrogens is 212 g/mol. The van der Waals surface area contributed by atoms with Gasteiger partial charge in [-0.25, -0.2) is 4.68 Å². The third kappa shape index (κ3) is 2.55. The van der Waals surface area contributed by atoms with Crippen molar-refractivity contribution in [2.45, 2.75) is 13.1 Å². The summed E-state index contributed by atoms with van der Waals surface area (Å²) < 4.78 is 1.74. The normalized spacial score (nSPS) is 10.5. The molecule has 1 heterocycles. The molecule has 2 N–H and O–H groups in total. The zero-order valence-electron chi connectivity index (χ0n) is 8.10. The van der Waals surface area contributed by atoms with Crippen LogP contribution in [0.15, 0.2) is 30.5 Å². The molecule has 0 fully saturated rings. The average molecular weight is 223 g/mol. The number of aromatic nitrogens is 3. The van der Waals surface area contributed by atoms with E-state index in [-0.39, 0.29) is 0 Å². The Morgan fingerprint density at radius 2 is 2.27 bits per heavy atom. The molecule has 0 spiro atoms. The van der Waals surface area contributed by atoms with Crippen LogP contribution in [0, 0.1) is 0 Å². The Morgan fingerprint density at radius 3 is 2.93 bits per heavy atom. The minimum absolute atomic E-state index is 0.412. The summed E-state index contributed by atoms with van der Waals surface area (Å²) in [4.78, 5) is 0. The Bertz CT molecular complexity index is 452. The molecule has 0 aliphatic rings. The smallest absolute Gasteiger partial charge is 0.0962 e. The van der Waals surface area contributed by atoms with Crippen molar-refractivity contribution in [1.29, 1.82) is 0 Å². The van der Waals surface area contributed by atoms with Gasteiger partial charge in [0.05, 0.1) is 18.4 Å². The number of halogens is 1. The van der Waals surface area contributed by atoms with Crippen molar-refractivity contribution in [3.05, 3.63) is 46.7 Å². The molecule has 1 aromatic carbocycles. The van der Waals surface area contributed by atoms with Gasteiger partial charge in [0.2, 0.25) is 0 Å². The second-order valence-corrected chi connectivity index (χ2v) is 3.68. The maximum absolute atomic E-state index is 5.88. The molecule has 0 atom stereocenters. The van der Waals surface area contributed by atoms with Gasteiger partial charge in [-0.15, -0.1) is 5.10 Å². The van der Waals surface area contributed by atoms with Gasteiger partial charge in [-0.1, -0.05) is 28.9 Å². The van der Waals surface area contributed by atoms with E-state index in [0.29, 0.717) is 13.1 Å². The fraction of sp³-hybridized carbons (Fsp3) is 0.200. The maximum Gasteiger partial charge on any atom is 0.0962 e. The lowest BCUT2D eigenvalue weighted by atomic mass is 10.2. The van der Waals surface area contributed by atoms with Gasteiger partial charge in [-0.3, -0.25) is 0 Å². The van der Waals surface area contributed by atoms with Gasteiger partial charge in [0, 0.05) is 11.6 Å². The first kappa shape index (κ1) is 10.1. The predicted octanol–water partition coefficient (Wildman–Crippen LogP) is 1.44. The van der Waals surface area contributed by atoms with Crippen molar-refractivity contribution < 1.29 is 0 Å². The van der Waals surface area contributed by atoms with Crippen LogP contribution in [-0.4, -0.2) is 15.0 Å². The molecule has 0 saturated heterocycles. The van der Waals surface area contributed by atoms with Crippen molar-refractivity contribution in [3.8, 4) is 0 Å². The van der Waals surface area contributed by atoms with Gasteiger partial charge < -0.3 is 5.73 Å². The number of nitrogens with two attached hydrogens (primary N) is 1. The molecule has 5 heteroatoms. The van der Waals surface area contributed by atoms with E-state index in [0.717, 1.165) is 16.3 Å². The van der Waals surface area contributed by atoms with Gasteiger partial charge in [-0.05, 0) is 17.7 Å². The molecule has 2 aromatic rings. The Kier molecular flexibility index (Phi) is 2.99. The lowest BCUT2D eigenvalue weighted by Crippen LogP contribution is -2.00. The van der Waals surface area contributed by atoms with Crippen molar-refractivity contribution >= 4 is 11.6 Å². The van der Waals surface area contributed by atoms with Crippen LogP contribution < -0.4 is 5.73 Å². The number of nitrogens with zero attached hydrogens (tertiary/aromatic N) is 3. The van der Waals surface area contributed by atoms with E-state index >= 15 is 0 Å². The van der Waals surface area contributed by atoms with E-state index in [1.54, 1.807) is 4.68 Å². The predicted molar refractivity (Wildman–Crippen MR) is 58.5 cm³/mol. The zero-order chi connectivity index (χ0) is 10.7. The van der Waals surface area contributed by atoms with Crippen molar-refractivity contribution in [1.82, 2.24) is 15.0 Å². The summed E-state index contributed by atoms with van der Waals surface area (Å²) in [6.07, 6.45) is 1.83. The van der Waals surface area contributed by atoms with Crippen molar-refractivity contribution in [2.75, 3.05) is 0 Å². The van der Waals surface area contributed by atoms with E-state index in [1.165, 1.54) is 0 Å². The molecular formula is C10H11ClN4. The summed E-state index contributed by atoms with van der Waals surface area (Å²) in [6.45, 7) is 1.07. The summed E-state index contributed by atoms with van der Waals surface area (Å²) >= 11 is 5.88. The number of hydrogen-bond acceptors (Lipinski definition) is 3. The molecule has 0 radical (unpaired) electrons. The highest BCUT2D eigenvalue weighted by molar-refractivity contribution is 6.30. The summed E-state index contributed by atoms with van der Waals surface area (Å²) in [5, 5.41) is 8.59. The van der Waals surface area contributed by atoms with Crippen LogP contribution >= 0.6 is 11.6 Å². The molecule has 15 heavy (non-hydrogen) atoms. The molecule has 0 unspecified atom stereocenters. The van der Waals surface area contributed by atoms with Crippen LogP contribution in [0.1, 0.15) is 11.3 Å². The summed E-state index contributed by atoms with van der Waals surface area (Å²) in [5.41, 5.74) is 7.33. The standard InChI is InChI=1S/C10H11ClN4/c11-9-3-1-2-8(4-9)6-15-7-10(5-12)13-14-15/h1-4,7H,5-6,12H2. The Balaban J connectivity index is 2.14. The molecule has 78 valence electrons. The second kappa shape index (κ2) is 4.42. The van der Waals surface area contributed by atoms with Crippen molar-refractivity contribution in [2.24, 2.45) is 5.73 Å². The van der Waals surface area contributed by atoms with Gasteiger partial charge in [-0.2, -0.15) is 0 Å². The summed E-state index contributed by atoms with van der Waals surface area (Å²) in [7, 11) is 0. The first-order valence-electron chi connectivity index (χ1n) is 4.61. The Hall–Kier alpha value is -1.39. The fourth-order valence-corrected chi connectivity index (χ4v) is 1.54. The van der Waals surface area contributed by atoms with Crippen molar-refractivity contribution in [3.63, 3.8) is 0 Å². The summed E-state index contributed by atoms with van der Waals surface area (Å²) in [6, 6.07) is 7.66. The van der Waals surface area contributed by atoms with E-state index in [4.69, 9.17) is 17.3 Å². The average Bonchev–Trinajstić information content (AvgIpc) is 2.65. The third-order valence-corrected chi connectivity index (χ3v) is 2.26. The molecule has 0 saturated carbocycles. The van der Waals surface area contributed by atoms with Gasteiger partial charge in [0.1, 0.15) is 0 Å². The van der Waals surface area contributed by atoms with Crippen LogP contribution in [-0.2, 0) is 13.1 Å². The monoisotopic (exact) mass is 222 g/mol. The molecule has 0 amide bonds. The number of rotatable bonds is 3.